The molecule has 1 aliphatic rings. The van der Waals surface area contributed by atoms with Crippen molar-refractivity contribution in [2.45, 2.75) is 45.7 Å². The molecule has 126 valence electrons. The number of nitrogens with zero attached hydrogens (tertiary/aromatic N) is 1. The molecule has 0 bridgehead atoms. The number of hydrogen-bond acceptors (Lipinski definition) is 2. The smallest absolute Gasteiger partial charge is 0.224 e. The maximum absolute atomic E-state index is 13.8. The molecule has 2 aromatic carbocycles. The molecule has 0 aliphatic carbocycles. The van der Waals surface area contributed by atoms with Gasteiger partial charge in [-0.2, -0.15) is 0 Å². The minimum atomic E-state index is -0.278. The number of aryl methyl sites for hydroxylation is 1. The summed E-state index contributed by atoms with van der Waals surface area (Å²) in [5.41, 5.74) is 3.93. The molecule has 2 unspecified atom stereocenters. The summed E-state index contributed by atoms with van der Waals surface area (Å²) in [6.45, 7) is 5.71. The summed E-state index contributed by atoms with van der Waals surface area (Å²) in [5.74, 6) is -0.291. The van der Waals surface area contributed by atoms with Crippen LogP contribution in [0.4, 0.5) is 15.8 Å². The highest BCUT2D eigenvalue weighted by Crippen LogP contribution is 2.39. The van der Waals surface area contributed by atoms with E-state index in [0.717, 1.165) is 29.8 Å². The topological polar surface area (TPSA) is 32.3 Å². The molecule has 0 radical (unpaired) electrons. The van der Waals surface area contributed by atoms with Crippen molar-refractivity contribution >= 4 is 17.3 Å². The summed E-state index contributed by atoms with van der Waals surface area (Å²) in [7, 11) is 0. The number of anilines is 2. The number of amides is 1. The molecule has 0 saturated heterocycles. The zero-order valence-electron chi connectivity index (χ0n) is 14.3. The van der Waals surface area contributed by atoms with Crippen molar-refractivity contribution in [3.63, 3.8) is 0 Å². The lowest BCUT2D eigenvalue weighted by Crippen LogP contribution is -2.43. The van der Waals surface area contributed by atoms with Crippen LogP contribution < -0.4 is 10.2 Å². The van der Waals surface area contributed by atoms with E-state index in [1.54, 1.807) is 17.9 Å². The fourth-order valence-electron chi connectivity index (χ4n) is 3.49. The first-order valence-electron chi connectivity index (χ1n) is 8.44. The third kappa shape index (κ3) is 3.14. The minimum Gasteiger partial charge on any atom is -0.378 e. The number of nitrogens with one attached hydrogen (secondary N) is 1. The highest BCUT2D eigenvalue weighted by molar-refractivity contribution is 5.93. The van der Waals surface area contributed by atoms with Crippen molar-refractivity contribution in [2.75, 3.05) is 10.2 Å². The van der Waals surface area contributed by atoms with E-state index in [-0.39, 0.29) is 23.8 Å². The molecular formula is C20H23FN2O. The Morgan fingerprint density at radius 2 is 1.96 bits per heavy atom. The Morgan fingerprint density at radius 1 is 1.25 bits per heavy atom. The van der Waals surface area contributed by atoms with Gasteiger partial charge in [-0.1, -0.05) is 19.1 Å². The Hall–Kier alpha value is -2.36. The lowest BCUT2D eigenvalue weighted by atomic mass is 9.91. The Labute approximate surface area is 142 Å². The Bertz CT molecular complexity index is 742. The highest BCUT2D eigenvalue weighted by atomic mass is 19.1. The second-order valence-corrected chi connectivity index (χ2v) is 6.42. The van der Waals surface area contributed by atoms with Crippen molar-refractivity contribution in [1.29, 1.82) is 0 Å². The molecule has 1 N–H and O–H groups in total. The second kappa shape index (κ2) is 6.63. The zero-order valence-corrected chi connectivity index (χ0v) is 14.3. The number of hydrogen-bond donors (Lipinski definition) is 1. The van der Waals surface area contributed by atoms with Crippen LogP contribution in [0.1, 0.15) is 44.4 Å². The number of benzene rings is 2. The molecule has 1 amide bonds. The molecule has 1 aliphatic heterocycles. The lowest BCUT2D eigenvalue weighted by molar-refractivity contribution is -0.117. The van der Waals surface area contributed by atoms with Crippen molar-refractivity contribution in [2.24, 2.45) is 0 Å². The SMILES string of the molecule is CCc1ccc(NC2CC(C)N(C(C)=O)c3ccc(F)cc32)cc1. The van der Waals surface area contributed by atoms with E-state index >= 15 is 0 Å². The van der Waals surface area contributed by atoms with Gasteiger partial charge in [-0.3, -0.25) is 4.79 Å². The van der Waals surface area contributed by atoms with Gasteiger partial charge in [-0.05, 0) is 55.7 Å². The van der Waals surface area contributed by atoms with E-state index in [2.05, 4.69) is 36.5 Å². The highest BCUT2D eigenvalue weighted by Gasteiger charge is 2.32. The standard InChI is InChI=1S/C20H23FN2O/c1-4-15-5-8-17(9-6-15)22-19-11-13(2)23(14(3)24)20-10-7-16(21)12-18(19)20/h5-10,12-13,19,22H,4,11H2,1-3H3. The molecule has 0 aromatic heterocycles. The fourth-order valence-corrected chi connectivity index (χ4v) is 3.49. The molecule has 4 heteroatoms. The molecule has 2 atom stereocenters. The Balaban J connectivity index is 1.94. The van der Waals surface area contributed by atoms with Crippen molar-refractivity contribution in [1.82, 2.24) is 0 Å². The normalized spacial score (nSPS) is 19.8. The quantitative estimate of drug-likeness (QED) is 0.888. The molecule has 24 heavy (non-hydrogen) atoms. The second-order valence-electron chi connectivity index (χ2n) is 6.42. The van der Waals surface area contributed by atoms with Crippen LogP contribution in [0.3, 0.4) is 0 Å². The summed E-state index contributed by atoms with van der Waals surface area (Å²) >= 11 is 0. The van der Waals surface area contributed by atoms with Gasteiger partial charge in [0, 0.05) is 29.9 Å². The zero-order chi connectivity index (χ0) is 17.3. The van der Waals surface area contributed by atoms with Gasteiger partial charge in [-0.15, -0.1) is 0 Å². The van der Waals surface area contributed by atoms with Gasteiger partial charge in [0.15, 0.2) is 0 Å². The van der Waals surface area contributed by atoms with Gasteiger partial charge in [-0.25, -0.2) is 4.39 Å². The van der Waals surface area contributed by atoms with Crippen molar-refractivity contribution in [3.05, 3.63) is 59.4 Å². The van der Waals surface area contributed by atoms with Crippen LogP contribution in [0.15, 0.2) is 42.5 Å². The first kappa shape index (κ1) is 16.5. The van der Waals surface area contributed by atoms with Crippen LogP contribution in [-0.4, -0.2) is 11.9 Å². The molecule has 0 fully saturated rings. The summed E-state index contributed by atoms with van der Waals surface area (Å²) in [6.07, 6.45) is 1.74. The maximum Gasteiger partial charge on any atom is 0.224 e. The van der Waals surface area contributed by atoms with Crippen LogP contribution in [0, 0.1) is 5.82 Å². The molecule has 3 rings (SSSR count). The molecule has 0 spiro atoms. The number of carbonyl (C=O) groups excluding carboxylic acids is 1. The molecule has 3 nitrogen and oxygen atoms in total. The van der Waals surface area contributed by atoms with Crippen LogP contribution >= 0.6 is 0 Å². The van der Waals surface area contributed by atoms with E-state index in [1.165, 1.54) is 17.7 Å². The average Bonchev–Trinajstić information content (AvgIpc) is 2.55. The van der Waals surface area contributed by atoms with E-state index in [0.29, 0.717) is 0 Å². The molecule has 0 saturated carbocycles. The van der Waals surface area contributed by atoms with Gasteiger partial charge in [0.25, 0.3) is 0 Å². The molecule has 2 aromatic rings. The van der Waals surface area contributed by atoms with Crippen LogP contribution in [0.25, 0.3) is 0 Å². The van der Waals surface area contributed by atoms with Crippen LogP contribution in [0.2, 0.25) is 0 Å². The summed E-state index contributed by atoms with van der Waals surface area (Å²) in [4.78, 5) is 13.8. The minimum absolute atomic E-state index is 0.0129. The summed E-state index contributed by atoms with van der Waals surface area (Å²) < 4.78 is 13.8. The first-order valence-corrected chi connectivity index (χ1v) is 8.44. The van der Waals surface area contributed by atoms with Crippen LogP contribution in [0.5, 0.6) is 0 Å². The number of fused-ring (bicyclic) bond motifs is 1. The van der Waals surface area contributed by atoms with E-state index in [4.69, 9.17) is 0 Å². The van der Waals surface area contributed by atoms with Crippen LogP contribution in [-0.2, 0) is 11.2 Å². The molecular weight excluding hydrogens is 303 g/mol. The van der Waals surface area contributed by atoms with E-state index in [1.807, 2.05) is 6.92 Å². The monoisotopic (exact) mass is 326 g/mol. The van der Waals surface area contributed by atoms with Gasteiger partial charge in [0.2, 0.25) is 5.91 Å². The predicted molar refractivity (Wildman–Crippen MR) is 95.8 cm³/mol. The number of halogens is 1. The van der Waals surface area contributed by atoms with Crippen molar-refractivity contribution < 1.29 is 9.18 Å². The van der Waals surface area contributed by atoms with E-state index in [9.17, 15) is 9.18 Å². The van der Waals surface area contributed by atoms with Gasteiger partial charge < -0.3 is 10.2 Å². The third-order valence-corrected chi connectivity index (χ3v) is 4.68. The lowest BCUT2D eigenvalue weighted by Gasteiger charge is -2.39. The van der Waals surface area contributed by atoms with Gasteiger partial charge >= 0.3 is 0 Å². The summed E-state index contributed by atoms with van der Waals surface area (Å²) in [5, 5.41) is 3.50. The Kier molecular flexibility index (Phi) is 4.56. The predicted octanol–water partition coefficient (Wildman–Crippen LogP) is 4.69. The third-order valence-electron chi connectivity index (χ3n) is 4.68. The molecule has 1 heterocycles. The fraction of sp³-hybridized carbons (Fsp3) is 0.350. The maximum atomic E-state index is 13.8. The summed E-state index contributed by atoms with van der Waals surface area (Å²) in [6, 6.07) is 13.0. The van der Waals surface area contributed by atoms with Crippen molar-refractivity contribution in [3.8, 4) is 0 Å². The number of rotatable bonds is 3. The van der Waals surface area contributed by atoms with Gasteiger partial charge in [0.1, 0.15) is 5.82 Å². The van der Waals surface area contributed by atoms with Gasteiger partial charge in [0.05, 0.1) is 6.04 Å². The largest absolute Gasteiger partial charge is 0.378 e. The van der Waals surface area contributed by atoms with E-state index < -0.39 is 0 Å². The number of carbonyl (C=O) groups is 1. The average molecular weight is 326 g/mol. The first-order chi connectivity index (χ1) is 11.5. The Morgan fingerprint density at radius 3 is 2.58 bits per heavy atom.